The topological polar surface area (TPSA) is 115 Å². The lowest BCUT2D eigenvalue weighted by atomic mass is 10.00. The zero-order chi connectivity index (χ0) is 27.7. The number of nitrogens with zero attached hydrogens (tertiary/aromatic N) is 2. The normalized spacial score (nSPS) is 33.0. The van der Waals surface area contributed by atoms with Crippen molar-refractivity contribution in [1.29, 1.82) is 0 Å². The molecule has 0 saturated carbocycles. The molecule has 7 atom stereocenters. The highest BCUT2D eigenvalue weighted by atomic mass is 35.5. The van der Waals surface area contributed by atoms with Crippen LogP contribution in [0, 0.1) is 0 Å². The minimum Gasteiger partial charge on any atom is -0.497 e. The molecule has 3 N–H and O–H groups in total. The third-order valence-electron chi connectivity index (χ3n) is 7.69. The summed E-state index contributed by atoms with van der Waals surface area (Å²) < 4.78 is 23.0. The first kappa shape index (κ1) is 28.6. The van der Waals surface area contributed by atoms with Gasteiger partial charge >= 0.3 is 6.09 Å². The lowest BCUT2D eigenvalue weighted by molar-refractivity contribution is -0.407. The molecule has 1 aromatic carbocycles. The zero-order valence-electron chi connectivity index (χ0n) is 23.1. The highest BCUT2D eigenvalue weighted by molar-refractivity contribution is 6.20. The molecule has 0 spiro atoms. The number of nitrogens with one attached hydrogen (secondary N) is 3. The summed E-state index contributed by atoms with van der Waals surface area (Å²) in [5.41, 5.74) is 2.61. The average Bonchev–Trinajstić information content (AvgIpc) is 3.22. The highest BCUT2D eigenvalue weighted by Crippen LogP contribution is 2.34. The number of alkyl halides is 1. The Morgan fingerprint density at radius 2 is 2.00 bits per heavy atom. The van der Waals surface area contributed by atoms with Crippen molar-refractivity contribution in [2.24, 2.45) is 0 Å². The van der Waals surface area contributed by atoms with Crippen molar-refractivity contribution >= 4 is 17.7 Å². The van der Waals surface area contributed by atoms with E-state index < -0.39 is 17.9 Å². The lowest BCUT2D eigenvalue weighted by Gasteiger charge is -2.47. The Morgan fingerprint density at radius 1 is 1.18 bits per heavy atom. The van der Waals surface area contributed by atoms with E-state index in [4.69, 9.17) is 40.3 Å². The molecule has 4 saturated heterocycles. The summed E-state index contributed by atoms with van der Waals surface area (Å²) in [4.78, 5) is 26.3. The molecule has 4 fully saturated rings. The second kappa shape index (κ2) is 11.9. The van der Waals surface area contributed by atoms with Gasteiger partial charge in [-0.05, 0) is 46.1 Å². The third-order valence-corrected chi connectivity index (χ3v) is 7.99. The van der Waals surface area contributed by atoms with E-state index in [0.29, 0.717) is 37.6 Å². The molecule has 1 aromatic rings. The van der Waals surface area contributed by atoms with Crippen LogP contribution >= 0.6 is 11.6 Å². The van der Waals surface area contributed by atoms with Crippen LogP contribution in [0.2, 0.25) is 0 Å². The van der Waals surface area contributed by atoms with Crippen molar-refractivity contribution in [3.05, 3.63) is 23.8 Å². The average molecular weight is 570 g/mol. The smallest absolute Gasteiger partial charge is 0.410 e. The largest absolute Gasteiger partial charge is 0.497 e. The van der Waals surface area contributed by atoms with Crippen LogP contribution in [0.4, 0.5) is 4.79 Å². The molecule has 2 bridgehead atoms. The molecule has 4 aliphatic rings. The summed E-state index contributed by atoms with van der Waals surface area (Å²) in [6.07, 6.45) is 1.25. The number of piperidine rings is 1. The summed E-state index contributed by atoms with van der Waals surface area (Å²) in [5.74, 6) is 1.40. The SMILES string of the molecule is COc1ccc(CN2ONOC3C(OC[C@H]4NC[C@H]5CC[C@@H]4N5C(=O)OC(C)(C)C)NC(Cl)CC32)c(OC)c1. The first-order chi connectivity index (χ1) is 18.7. The molecule has 13 heteroatoms. The van der Waals surface area contributed by atoms with Gasteiger partial charge in [0.2, 0.25) is 0 Å². The van der Waals surface area contributed by atoms with Gasteiger partial charge in [0.15, 0.2) is 0 Å². The van der Waals surface area contributed by atoms with Crippen molar-refractivity contribution in [2.45, 2.75) is 94.2 Å². The van der Waals surface area contributed by atoms with E-state index >= 15 is 0 Å². The van der Waals surface area contributed by atoms with E-state index in [-0.39, 0.29) is 35.8 Å². The predicted molar refractivity (Wildman–Crippen MR) is 142 cm³/mol. The molecule has 1 amide bonds. The number of carbonyl (C=O) groups excluding carboxylic acids is 1. The number of carbonyl (C=O) groups is 1. The monoisotopic (exact) mass is 569 g/mol. The number of methoxy groups -OCH3 is 2. The number of ether oxygens (including phenoxy) is 4. The Labute approximate surface area is 234 Å². The van der Waals surface area contributed by atoms with Crippen molar-refractivity contribution in [3.8, 4) is 11.5 Å². The van der Waals surface area contributed by atoms with E-state index in [1.807, 2.05) is 43.9 Å². The molecule has 0 aliphatic carbocycles. The molecule has 4 heterocycles. The molecule has 39 heavy (non-hydrogen) atoms. The molecule has 4 unspecified atom stereocenters. The molecule has 4 aliphatic heterocycles. The van der Waals surface area contributed by atoms with Gasteiger partial charge in [-0.25, -0.2) is 4.79 Å². The molecule has 218 valence electrons. The Bertz CT molecular complexity index is 1010. The maximum absolute atomic E-state index is 13.0. The second-order valence-electron chi connectivity index (χ2n) is 11.4. The molecule has 0 radical (unpaired) electrons. The van der Waals surface area contributed by atoms with Crippen LogP contribution < -0.4 is 25.8 Å². The van der Waals surface area contributed by atoms with Gasteiger partial charge in [0.1, 0.15) is 29.4 Å². The van der Waals surface area contributed by atoms with E-state index in [1.165, 1.54) is 0 Å². The summed E-state index contributed by atoms with van der Waals surface area (Å²) in [6.45, 7) is 7.17. The van der Waals surface area contributed by atoms with Crippen LogP contribution in [0.3, 0.4) is 0 Å². The first-order valence-electron chi connectivity index (χ1n) is 13.5. The van der Waals surface area contributed by atoms with Gasteiger partial charge in [0.25, 0.3) is 0 Å². The van der Waals surface area contributed by atoms with Crippen LogP contribution in [0.1, 0.15) is 45.6 Å². The fourth-order valence-corrected chi connectivity index (χ4v) is 6.16. The van der Waals surface area contributed by atoms with E-state index in [1.54, 1.807) is 19.3 Å². The maximum atomic E-state index is 13.0. The molecular weight excluding hydrogens is 530 g/mol. The highest BCUT2D eigenvalue weighted by Gasteiger charge is 2.49. The molecule has 0 aromatic heterocycles. The lowest BCUT2D eigenvalue weighted by Crippen LogP contribution is -2.67. The number of rotatable bonds is 7. The summed E-state index contributed by atoms with van der Waals surface area (Å²) in [7, 11) is 3.24. The van der Waals surface area contributed by atoms with Gasteiger partial charge in [0.05, 0.1) is 51.0 Å². The van der Waals surface area contributed by atoms with Crippen molar-refractivity contribution in [1.82, 2.24) is 26.2 Å². The van der Waals surface area contributed by atoms with Gasteiger partial charge in [-0.15, -0.1) is 11.6 Å². The quantitative estimate of drug-likeness (QED) is 0.332. The number of piperazine rings is 1. The Morgan fingerprint density at radius 3 is 2.74 bits per heavy atom. The minimum atomic E-state index is -0.543. The number of fused-ring (bicyclic) bond motifs is 3. The summed E-state index contributed by atoms with van der Waals surface area (Å²) in [6, 6.07) is 5.56. The number of benzene rings is 1. The van der Waals surface area contributed by atoms with E-state index in [2.05, 4.69) is 16.3 Å². The van der Waals surface area contributed by atoms with Crippen molar-refractivity contribution in [3.63, 3.8) is 0 Å². The van der Waals surface area contributed by atoms with Gasteiger partial charge < -0.3 is 24.3 Å². The van der Waals surface area contributed by atoms with Gasteiger partial charge in [-0.2, -0.15) is 10.0 Å². The Balaban J connectivity index is 1.24. The van der Waals surface area contributed by atoms with E-state index in [9.17, 15) is 4.79 Å². The fraction of sp³-hybridized carbons (Fsp3) is 0.731. The number of amides is 1. The van der Waals surface area contributed by atoms with Crippen molar-refractivity contribution in [2.75, 3.05) is 27.4 Å². The second-order valence-corrected chi connectivity index (χ2v) is 11.9. The summed E-state index contributed by atoms with van der Waals surface area (Å²) >= 11 is 6.63. The zero-order valence-corrected chi connectivity index (χ0v) is 23.9. The van der Waals surface area contributed by atoms with E-state index in [0.717, 1.165) is 18.4 Å². The van der Waals surface area contributed by atoms with Crippen LogP contribution in [-0.4, -0.2) is 91.0 Å². The van der Waals surface area contributed by atoms with Gasteiger partial charge in [0, 0.05) is 24.2 Å². The number of halogens is 1. The third kappa shape index (κ3) is 6.38. The Kier molecular flexibility index (Phi) is 8.74. The van der Waals surface area contributed by atoms with Crippen LogP contribution in [-0.2, 0) is 25.8 Å². The fourth-order valence-electron chi connectivity index (χ4n) is 5.85. The molecule has 5 rings (SSSR count). The number of hydrogen-bond acceptors (Lipinski definition) is 11. The van der Waals surface area contributed by atoms with Gasteiger partial charge in [-0.1, -0.05) is 11.7 Å². The van der Waals surface area contributed by atoms with Gasteiger partial charge in [-0.3, -0.25) is 15.1 Å². The molecule has 12 nitrogen and oxygen atoms in total. The standard InChI is InChI=1S/C26H40ClN5O7/c1-26(2,3)37-25(33)32-16-7-9-19(32)18(28-12-16)14-36-24-23-20(11-22(27)29-24)31(39-30-38-23)13-15-6-8-17(34-4)10-21(15)35-5/h6,8,10,16,18-20,22-24,28-30H,7,9,11-14H2,1-5H3/t16-,18-,19+,20?,22?,23?,24?/m1/s1. The Hall–Kier alpha value is -1.90. The summed E-state index contributed by atoms with van der Waals surface area (Å²) in [5, 5.41) is 8.67. The minimum absolute atomic E-state index is 0.00226. The van der Waals surface area contributed by atoms with Crippen LogP contribution in [0.15, 0.2) is 18.2 Å². The predicted octanol–water partition coefficient (Wildman–Crippen LogP) is 2.27. The number of hydroxylamine groups is 2. The molecular formula is C26H40ClN5O7. The van der Waals surface area contributed by atoms with Crippen LogP contribution in [0.5, 0.6) is 11.5 Å². The van der Waals surface area contributed by atoms with Crippen LogP contribution in [0.25, 0.3) is 0 Å². The first-order valence-corrected chi connectivity index (χ1v) is 13.9. The maximum Gasteiger partial charge on any atom is 0.410 e. The van der Waals surface area contributed by atoms with Crippen molar-refractivity contribution < 1.29 is 33.5 Å². The number of hydrogen-bond donors (Lipinski definition) is 3.